The molecule has 1 aromatic rings. The summed E-state index contributed by atoms with van der Waals surface area (Å²) in [5.41, 5.74) is 6.82. The fourth-order valence-electron chi connectivity index (χ4n) is 4.15. The number of fused-ring (bicyclic) bond motifs is 1. The van der Waals surface area contributed by atoms with E-state index in [1.165, 1.54) is 58.2 Å². The Morgan fingerprint density at radius 2 is 1.69 bits per heavy atom. The summed E-state index contributed by atoms with van der Waals surface area (Å²) in [7, 11) is 0. The van der Waals surface area contributed by atoms with Crippen molar-refractivity contribution in [3.63, 3.8) is 0 Å². The maximum Gasteiger partial charge on any atom is 0.320 e. The molecule has 0 spiro atoms. The third-order valence-corrected chi connectivity index (χ3v) is 5.92. The molecule has 162 valence electrons. The van der Waals surface area contributed by atoms with Crippen molar-refractivity contribution in [3.05, 3.63) is 5.56 Å². The lowest BCUT2D eigenvalue weighted by Crippen LogP contribution is -2.30. The predicted molar refractivity (Wildman–Crippen MR) is 116 cm³/mol. The van der Waals surface area contributed by atoms with Crippen LogP contribution < -0.4 is 15.4 Å². The Morgan fingerprint density at radius 3 is 2.45 bits per heavy atom. The Labute approximate surface area is 175 Å². The number of nitrogen functional groups attached to an aromatic ring is 1. The van der Waals surface area contributed by atoms with Gasteiger partial charge in [0.15, 0.2) is 0 Å². The molecule has 29 heavy (non-hydrogen) atoms. The number of carbonyl (C=O) groups excluding carboxylic acids is 1. The summed E-state index contributed by atoms with van der Waals surface area (Å²) < 4.78 is 5.62. The van der Waals surface area contributed by atoms with Gasteiger partial charge in [0.2, 0.25) is 5.91 Å². The van der Waals surface area contributed by atoms with E-state index in [1.54, 1.807) is 4.90 Å². The van der Waals surface area contributed by atoms with E-state index in [0.717, 1.165) is 31.2 Å². The minimum absolute atomic E-state index is 0.0653. The fourth-order valence-corrected chi connectivity index (χ4v) is 4.15. The van der Waals surface area contributed by atoms with E-state index < -0.39 is 0 Å². The van der Waals surface area contributed by atoms with Gasteiger partial charge in [0, 0.05) is 12.1 Å². The molecule has 0 aromatic carbocycles. The zero-order valence-corrected chi connectivity index (χ0v) is 18.0. The zero-order valence-electron chi connectivity index (χ0n) is 18.0. The lowest BCUT2D eigenvalue weighted by Gasteiger charge is -2.24. The van der Waals surface area contributed by atoms with Gasteiger partial charge in [-0.05, 0) is 51.7 Å². The van der Waals surface area contributed by atoms with E-state index in [9.17, 15) is 4.79 Å². The summed E-state index contributed by atoms with van der Waals surface area (Å²) in [5, 5.41) is 0. The van der Waals surface area contributed by atoms with E-state index in [0.29, 0.717) is 31.2 Å². The predicted octanol–water partition coefficient (Wildman–Crippen LogP) is 3.56. The standard InChI is InChI=1S/C22H37N5O2/c1-2-3-16-29-22-24-20(23)18-17-19(28)27(21(18)25-22)15-11-7-10-14-26-12-8-5-4-6-9-13-26/h2-17H2,1H3,(H2,23,24,25). The van der Waals surface area contributed by atoms with Crippen LogP contribution in [0.3, 0.4) is 0 Å². The van der Waals surface area contributed by atoms with Crippen LogP contribution in [0, 0.1) is 0 Å². The van der Waals surface area contributed by atoms with Crippen LogP contribution in [0.2, 0.25) is 0 Å². The summed E-state index contributed by atoms with van der Waals surface area (Å²) >= 11 is 0. The molecule has 0 unspecified atom stereocenters. The SMILES string of the molecule is CCCCOc1nc(N)c2c(n1)N(CCCCCN1CCCCCCC1)C(=O)C2. The molecule has 2 aliphatic heterocycles. The van der Waals surface area contributed by atoms with Crippen molar-refractivity contribution in [1.29, 1.82) is 0 Å². The molecule has 3 rings (SSSR count). The van der Waals surface area contributed by atoms with E-state index in [4.69, 9.17) is 10.5 Å². The van der Waals surface area contributed by atoms with Gasteiger partial charge in [0.25, 0.3) is 0 Å². The van der Waals surface area contributed by atoms with Gasteiger partial charge >= 0.3 is 6.01 Å². The zero-order chi connectivity index (χ0) is 20.5. The Bertz CT molecular complexity index is 659. The van der Waals surface area contributed by atoms with Crippen molar-refractivity contribution in [2.45, 2.75) is 77.6 Å². The molecule has 0 atom stereocenters. The number of unbranched alkanes of at least 4 members (excludes halogenated alkanes) is 3. The quantitative estimate of drug-likeness (QED) is 0.601. The van der Waals surface area contributed by atoms with Gasteiger partial charge in [0.1, 0.15) is 11.6 Å². The number of hydrogen-bond donors (Lipinski definition) is 1. The average Bonchev–Trinajstić information content (AvgIpc) is 2.99. The first kappa shape index (κ1) is 21.8. The first-order valence-electron chi connectivity index (χ1n) is 11.5. The molecule has 7 heteroatoms. The molecule has 0 bridgehead atoms. The number of rotatable bonds is 10. The lowest BCUT2D eigenvalue weighted by atomic mass is 10.1. The number of carbonyl (C=O) groups is 1. The van der Waals surface area contributed by atoms with Crippen LogP contribution in [0.4, 0.5) is 11.6 Å². The van der Waals surface area contributed by atoms with Crippen molar-refractivity contribution in [1.82, 2.24) is 14.9 Å². The summed E-state index contributed by atoms with van der Waals surface area (Å²) in [4.78, 5) is 25.6. The molecule has 7 nitrogen and oxygen atoms in total. The second-order valence-corrected chi connectivity index (χ2v) is 8.29. The Kier molecular flexibility index (Phi) is 8.52. The number of anilines is 2. The van der Waals surface area contributed by atoms with E-state index >= 15 is 0 Å². The molecular weight excluding hydrogens is 366 g/mol. The van der Waals surface area contributed by atoms with E-state index in [1.807, 2.05) is 0 Å². The molecule has 0 saturated carbocycles. The first-order chi connectivity index (χ1) is 14.2. The number of ether oxygens (including phenoxy) is 1. The third-order valence-electron chi connectivity index (χ3n) is 5.92. The van der Waals surface area contributed by atoms with Crippen molar-refractivity contribution < 1.29 is 9.53 Å². The topological polar surface area (TPSA) is 84.6 Å². The highest BCUT2D eigenvalue weighted by atomic mass is 16.5. The smallest absolute Gasteiger partial charge is 0.320 e. The van der Waals surface area contributed by atoms with Crippen LogP contribution in [0.25, 0.3) is 0 Å². The Balaban J connectivity index is 1.47. The number of nitrogens with zero attached hydrogens (tertiary/aromatic N) is 4. The van der Waals surface area contributed by atoms with Crippen LogP contribution in [-0.4, -0.2) is 53.6 Å². The van der Waals surface area contributed by atoms with Gasteiger partial charge in [-0.2, -0.15) is 9.97 Å². The van der Waals surface area contributed by atoms with Crippen LogP contribution in [0.1, 0.15) is 76.7 Å². The Hall–Kier alpha value is -1.89. The van der Waals surface area contributed by atoms with Crippen LogP contribution >= 0.6 is 0 Å². The summed E-state index contributed by atoms with van der Waals surface area (Å²) in [6, 6.07) is 0.284. The molecule has 0 aliphatic carbocycles. The number of aromatic nitrogens is 2. The average molecular weight is 404 g/mol. The van der Waals surface area contributed by atoms with Gasteiger partial charge < -0.3 is 15.4 Å². The lowest BCUT2D eigenvalue weighted by molar-refractivity contribution is -0.117. The summed E-state index contributed by atoms with van der Waals surface area (Å²) in [5.74, 6) is 1.09. The van der Waals surface area contributed by atoms with E-state index in [-0.39, 0.29) is 11.9 Å². The number of hydrogen-bond acceptors (Lipinski definition) is 6. The molecule has 1 amide bonds. The maximum absolute atomic E-state index is 12.5. The second kappa shape index (κ2) is 11.3. The minimum atomic E-state index is 0.0653. The number of amides is 1. The Morgan fingerprint density at radius 1 is 0.966 bits per heavy atom. The van der Waals surface area contributed by atoms with Gasteiger partial charge in [-0.15, -0.1) is 0 Å². The number of likely N-dealkylation sites (tertiary alicyclic amines) is 1. The highest BCUT2D eigenvalue weighted by Gasteiger charge is 2.31. The normalized spacial score (nSPS) is 17.8. The summed E-state index contributed by atoms with van der Waals surface area (Å²) in [6.45, 7) is 7.03. The van der Waals surface area contributed by atoms with Crippen molar-refractivity contribution in [3.8, 4) is 6.01 Å². The molecular formula is C22H37N5O2. The van der Waals surface area contributed by atoms with Crippen LogP contribution in [0.5, 0.6) is 6.01 Å². The molecule has 0 radical (unpaired) electrons. The largest absolute Gasteiger partial charge is 0.463 e. The monoisotopic (exact) mass is 403 g/mol. The van der Waals surface area contributed by atoms with Gasteiger partial charge in [-0.1, -0.05) is 39.0 Å². The second-order valence-electron chi connectivity index (χ2n) is 8.29. The van der Waals surface area contributed by atoms with Crippen molar-refractivity contribution in [2.24, 2.45) is 0 Å². The maximum atomic E-state index is 12.5. The molecule has 1 aromatic heterocycles. The van der Waals surface area contributed by atoms with Crippen molar-refractivity contribution in [2.75, 3.05) is 43.4 Å². The molecule has 3 heterocycles. The van der Waals surface area contributed by atoms with E-state index in [2.05, 4.69) is 21.8 Å². The third kappa shape index (κ3) is 6.29. The summed E-state index contributed by atoms with van der Waals surface area (Å²) in [6.07, 6.45) is 12.4. The molecule has 2 aliphatic rings. The molecule has 1 saturated heterocycles. The molecule has 1 fully saturated rings. The van der Waals surface area contributed by atoms with Gasteiger partial charge in [0.05, 0.1) is 13.0 Å². The highest BCUT2D eigenvalue weighted by molar-refractivity contribution is 6.01. The number of nitrogens with two attached hydrogens (primary N) is 1. The van der Waals surface area contributed by atoms with Gasteiger partial charge in [-0.3, -0.25) is 9.69 Å². The van der Waals surface area contributed by atoms with Gasteiger partial charge in [-0.25, -0.2) is 0 Å². The minimum Gasteiger partial charge on any atom is -0.463 e. The van der Waals surface area contributed by atoms with Crippen LogP contribution in [-0.2, 0) is 11.2 Å². The van der Waals surface area contributed by atoms with Crippen molar-refractivity contribution >= 4 is 17.5 Å². The molecule has 2 N–H and O–H groups in total. The first-order valence-corrected chi connectivity index (χ1v) is 11.5. The highest BCUT2D eigenvalue weighted by Crippen LogP contribution is 2.32. The fraction of sp³-hybridized carbons (Fsp3) is 0.773. The van der Waals surface area contributed by atoms with Crippen LogP contribution in [0.15, 0.2) is 0 Å².